The SMILES string of the molecule is C=C/C=C\C(=N/N(C)CC#CCOCCCCC)c1ccc(Cl)cn1. The normalized spacial score (nSPS) is 11.2. The number of hydrogen-bond acceptors (Lipinski definition) is 4. The zero-order chi connectivity index (χ0) is 18.3. The van der Waals surface area contributed by atoms with E-state index in [1.807, 2.05) is 25.3 Å². The first-order chi connectivity index (χ1) is 12.2. The summed E-state index contributed by atoms with van der Waals surface area (Å²) in [6, 6.07) is 3.62. The number of aromatic nitrogens is 1. The van der Waals surface area contributed by atoms with Crippen molar-refractivity contribution in [2.24, 2.45) is 5.10 Å². The largest absolute Gasteiger partial charge is 0.369 e. The van der Waals surface area contributed by atoms with Crippen molar-refractivity contribution in [3.8, 4) is 11.8 Å². The minimum atomic E-state index is 0.462. The standard InChI is InChI=1S/C20H26ClN3O/c1-4-6-9-15-25-16-10-8-14-24(3)23-20(11-7-5-2)19-13-12-18(21)17-22-19/h5,7,11-13,17H,2,4,6,9,14-16H2,1,3H3/b11-7-,23-20+. The van der Waals surface area contributed by atoms with Crippen LogP contribution in [0.25, 0.3) is 0 Å². The van der Waals surface area contributed by atoms with Crippen LogP contribution in [0, 0.1) is 11.8 Å². The van der Waals surface area contributed by atoms with Gasteiger partial charge in [0.1, 0.15) is 12.3 Å². The third kappa shape index (κ3) is 9.71. The van der Waals surface area contributed by atoms with E-state index in [2.05, 4.69) is 35.4 Å². The summed E-state index contributed by atoms with van der Waals surface area (Å²) < 4.78 is 5.46. The second-order valence-electron chi connectivity index (χ2n) is 5.37. The third-order valence-electron chi connectivity index (χ3n) is 3.16. The highest BCUT2D eigenvalue weighted by Gasteiger charge is 2.03. The van der Waals surface area contributed by atoms with Crippen LogP contribution in [0.15, 0.2) is 48.2 Å². The Balaban J connectivity index is 2.58. The summed E-state index contributed by atoms with van der Waals surface area (Å²) in [5.41, 5.74) is 1.46. The second kappa shape index (κ2) is 13.2. The van der Waals surface area contributed by atoms with Crippen molar-refractivity contribution in [3.63, 3.8) is 0 Å². The van der Waals surface area contributed by atoms with Gasteiger partial charge in [-0.2, -0.15) is 5.10 Å². The van der Waals surface area contributed by atoms with Gasteiger partial charge in [-0.25, -0.2) is 0 Å². The number of hydrogen-bond donors (Lipinski definition) is 0. The highest BCUT2D eigenvalue weighted by atomic mass is 35.5. The maximum Gasteiger partial charge on any atom is 0.109 e. The topological polar surface area (TPSA) is 37.7 Å². The fourth-order valence-corrected chi connectivity index (χ4v) is 1.99. The van der Waals surface area contributed by atoms with Crippen molar-refractivity contribution < 1.29 is 4.74 Å². The molecular weight excluding hydrogens is 334 g/mol. The van der Waals surface area contributed by atoms with Gasteiger partial charge in [-0.05, 0) is 24.6 Å². The molecule has 0 aromatic carbocycles. The molecule has 0 saturated heterocycles. The second-order valence-corrected chi connectivity index (χ2v) is 5.81. The van der Waals surface area contributed by atoms with Crippen molar-refractivity contribution >= 4 is 17.3 Å². The summed E-state index contributed by atoms with van der Waals surface area (Å²) >= 11 is 5.89. The van der Waals surface area contributed by atoms with E-state index in [1.54, 1.807) is 23.3 Å². The van der Waals surface area contributed by atoms with Gasteiger partial charge in [0.05, 0.1) is 17.3 Å². The number of pyridine rings is 1. The highest BCUT2D eigenvalue weighted by molar-refractivity contribution is 6.30. The Morgan fingerprint density at radius 2 is 2.24 bits per heavy atom. The van der Waals surface area contributed by atoms with E-state index in [-0.39, 0.29) is 0 Å². The zero-order valence-electron chi connectivity index (χ0n) is 15.0. The fourth-order valence-electron chi connectivity index (χ4n) is 1.87. The van der Waals surface area contributed by atoms with Crippen LogP contribution in [-0.2, 0) is 4.74 Å². The first kappa shape index (κ1) is 21.0. The van der Waals surface area contributed by atoms with E-state index < -0.39 is 0 Å². The number of ether oxygens (including phenoxy) is 1. The molecule has 0 bridgehead atoms. The Bertz CT molecular complexity index is 627. The summed E-state index contributed by atoms with van der Waals surface area (Å²) in [5, 5.41) is 6.90. The van der Waals surface area contributed by atoms with Gasteiger partial charge in [0.15, 0.2) is 0 Å². The van der Waals surface area contributed by atoms with Crippen LogP contribution < -0.4 is 0 Å². The lowest BCUT2D eigenvalue weighted by molar-refractivity contribution is 0.162. The zero-order valence-corrected chi connectivity index (χ0v) is 15.8. The van der Waals surface area contributed by atoms with Crippen LogP contribution in [0.2, 0.25) is 5.02 Å². The molecule has 0 N–H and O–H groups in total. The molecular formula is C20H26ClN3O. The van der Waals surface area contributed by atoms with Crippen molar-refractivity contribution in [2.45, 2.75) is 26.2 Å². The van der Waals surface area contributed by atoms with E-state index in [0.717, 1.165) is 24.4 Å². The Hall–Kier alpha value is -2.09. The predicted molar refractivity (Wildman–Crippen MR) is 106 cm³/mol. The highest BCUT2D eigenvalue weighted by Crippen LogP contribution is 2.08. The summed E-state index contributed by atoms with van der Waals surface area (Å²) in [5.74, 6) is 6.06. The number of rotatable bonds is 10. The van der Waals surface area contributed by atoms with Crippen molar-refractivity contribution in [2.75, 3.05) is 26.8 Å². The monoisotopic (exact) mass is 359 g/mol. The van der Waals surface area contributed by atoms with Gasteiger partial charge >= 0.3 is 0 Å². The molecule has 0 amide bonds. The van der Waals surface area contributed by atoms with Crippen LogP contribution in [0.1, 0.15) is 31.9 Å². The lowest BCUT2D eigenvalue weighted by Crippen LogP contribution is -2.15. The molecule has 0 fully saturated rings. The minimum Gasteiger partial charge on any atom is -0.369 e. The molecule has 1 aromatic heterocycles. The molecule has 1 aromatic rings. The average molecular weight is 360 g/mol. The van der Waals surface area contributed by atoms with E-state index >= 15 is 0 Å². The molecule has 134 valence electrons. The van der Waals surface area contributed by atoms with Gasteiger partial charge in [-0.3, -0.25) is 9.99 Å². The molecule has 25 heavy (non-hydrogen) atoms. The lowest BCUT2D eigenvalue weighted by Gasteiger charge is -2.11. The van der Waals surface area contributed by atoms with Crippen molar-refractivity contribution in [3.05, 3.63) is 53.9 Å². The van der Waals surface area contributed by atoms with Gasteiger partial charge in [-0.15, -0.1) is 0 Å². The number of allylic oxidation sites excluding steroid dienone is 3. The molecule has 1 heterocycles. The fraction of sp³-hybridized carbons (Fsp3) is 0.400. The summed E-state index contributed by atoms with van der Waals surface area (Å²) in [7, 11) is 1.87. The molecule has 0 spiro atoms. The molecule has 0 aliphatic carbocycles. The molecule has 0 radical (unpaired) electrons. The Morgan fingerprint density at radius 1 is 1.40 bits per heavy atom. The molecule has 4 nitrogen and oxygen atoms in total. The Labute approximate surface area is 156 Å². The third-order valence-corrected chi connectivity index (χ3v) is 3.38. The van der Waals surface area contributed by atoms with E-state index in [4.69, 9.17) is 16.3 Å². The molecule has 0 unspecified atom stereocenters. The quantitative estimate of drug-likeness (QED) is 0.205. The number of hydrazone groups is 1. The molecule has 5 heteroatoms. The summed E-state index contributed by atoms with van der Waals surface area (Å²) in [6.07, 6.45) is 10.5. The minimum absolute atomic E-state index is 0.462. The van der Waals surface area contributed by atoms with Gasteiger partial charge < -0.3 is 4.74 Å². The van der Waals surface area contributed by atoms with Crippen molar-refractivity contribution in [1.82, 2.24) is 9.99 Å². The maximum atomic E-state index is 5.89. The van der Waals surface area contributed by atoms with Gasteiger partial charge in [0, 0.05) is 19.9 Å². The van der Waals surface area contributed by atoms with Crippen molar-refractivity contribution in [1.29, 1.82) is 0 Å². The molecule has 0 aliphatic heterocycles. The number of halogens is 1. The number of nitrogens with zero attached hydrogens (tertiary/aromatic N) is 3. The first-order valence-electron chi connectivity index (χ1n) is 8.41. The van der Waals surface area contributed by atoms with E-state index in [0.29, 0.717) is 18.2 Å². The first-order valence-corrected chi connectivity index (χ1v) is 8.79. The van der Waals surface area contributed by atoms with Crippen LogP contribution >= 0.6 is 11.6 Å². The van der Waals surface area contributed by atoms with Gasteiger partial charge in [-0.1, -0.05) is 61.9 Å². The molecule has 0 saturated carbocycles. The van der Waals surface area contributed by atoms with Crippen LogP contribution in [0.3, 0.4) is 0 Å². The number of unbranched alkanes of at least 4 members (excludes halogenated alkanes) is 2. The van der Waals surface area contributed by atoms with Crippen LogP contribution in [-0.4, -0.2) is 42.5 Å². The van der Waals surface area contributed by atoms with Crippen LogP contribution in [0.5, 0.6) is 0 Å². The summed E-state index contributed by atoms with van der Waals surface area (Å²) in [4.78, 5) is 4.30. The summed E-state index contributed by atoms with van der Waals surface area (Å²) in [6.45, 7) is 7.60. The van der Waals surface area contributed by atoms with Gasteiger partial charge in [0.25, 0.3) is 0 Å². The smallest absolute Gasteiger partial charge is 0.109 e. The maximum absolute atomic E-state index is 5.89. The van der Waals surface area contributed by atoms with Crippen LogP contribution in [0.4, 0.5) is 0 Å². The lowest BCUT2D eigenvalue weighted by atomic mass is 10.2. The van der Waals surface area contributed by atoms with E-state index in [1.165, 1.54) is 12.8 Å². The Kier molecular flexibility index (Phi) is 11.1. The molecule has 0 aliphatic rings. The molecule has 0 atom stereocenters. The Morgan fingerprint density at radius 3 is 2.92 bits per heavy atom. The molecule has 1 rings (SSSR count). The van der Waals surface area contributed by atoms with Gasteiger partial charge in [0.2, 0.25) is 0 Å². The van der Waals surface area contributed by atoms with E-state index in [9.17, 15) is 0 Å². The average Bonchev–Trinajstić information content (AvgIpc) is 2.61. The predicted octanol–water partition coefficient (Wildman–Crippen LogP) is 4.32.